The molecule has 0 aromatic heterocycles. The molecule has 3 aliphatic rings. The molecule has 0 saturated carbocycles. The molecule has 0 radical (unpaired) electrons. The first kappa shape index (κ1) is 16.6. The highest BCUT2D eigenvalue weighted by Crippen LogP contribution is 2.55. The molecule has 3 heterocycles. The van der Waals surface area contributed by atoms with Gasteiger partial charge in [0.25, 0.3) is 17.5 Å². The second-order valence-corrected chi connectivity index (χ2v) is 6.74. The summed E-state index contributed by atoms with van der Waals surface area (Å²) >= 11 is 0. The van der Waals surface area contributed by atoms with Crippen molar-refractivity contribution in [2.75, 3.05) is 13.1 Å². The lowest BCUT2D eigenvalue weighted by Gasteiger charge is -2.48. The summed E-state index contributed by atoms with van der Waals surface area (Å²) in [6.45, 7) is 4.16. The van der Waals surface area contributed by atoms with Gasteiger partial charge < -0.3 is 4.90 Å². The Labute approximate surface area is 149 Å². The van der Waals surface area contributed by atoms with Crippen LogP contribution >= 0.6 is 0 Å². The smallest absolute Gasteiger partial charge is 0.282 e. The number of fused-ring (bicyclic) bond motifs is 1. The van der Waals surface area contributed by atoms with Crippen LogP contribution in [0.15, 0.2) is 18.2 Å². The predicted molar refractivity (Wildman–Crippen MR) is 88.4 cm³/mol. The first-order valence-electron chi connectivity index (χ1n) is 8.61. The van der Waals surface area contributed by atoms with Crippen molar-refractivity contribution in [2.24, 2.45) is 5.92 Å². The van der Waals surface area contributed by atoms with Gasteiger partial charge in [-0.05, 0) is 13.3 Å². The molecular weight excluding hydrogens is 340 g/mol. The number of imide groups is 1. The molecule has 1 spiro atoms. The van der Waals surface area contributed by atoms with Crippen molar-refractivity contribution in [3.63, 3.8) is 0 Å². The Balaban J connectivity index is 2.01. The van der Waals surface area contributed by atoms with Crippen molar-refractivity contribution in [3.8, 4) is 0 Å². The van der Waals surface area contributed by atoms with Crippen molar-refractivity contribution in [1.29, 1.82) is 0 Å². The lowest BCUT2D eigenvalue weighted by molar-refractivity contribution is -0.385. The number of hydrogen-bond acceptors (Lipinski definition) is 6. The Morgan fingerprint density at radius 2 is 2.08 bits per heavy atom. The summed E-state index contributed by atoms with van der Waals surface area (Å²) in [6.07, 6.45) is 0.726. The first-order valence-corrected chi connectivity index (χ1v) is 8.61. The average molecular weight is 358 g/mol. The predicted octanol–water partition coefficient (Wildman–Crippen LogP) is 1.24. The zero-order chi connectivity index (χ0) is 18.8. The minimum absolute atomic E-state index is 0.0230. The maximum Gasteiger partial charge on any atom is 0.282 e. The van der Waals surface area contributed by atoms with Gasteiger partial charge >= 0.3 is 0 Å². The van der Waals surface area contributed by atoms with Crippen LogP contribution in [0.25, 0.3) is 0 Å². The van der Waals surface area contributed by atoms with Gasteiger partial charge in [-0.25, -0.2) is 5.01 Å². The van der Waals surface area contributed by atoms with Crippen molar-refractivity contribution in [1.82, 2.24) is 14.9 Å². The van der Waals surface area contributed by atoms with Crippen LogP contribution in [-0.2, 0) is 15.3 Å². The van der Waals surface area contributed by atoms with E-state index in [1.807, 2.05) is 0 Å². The van der Waals surface area contributed by atoms with E-state index in [1.54, 1.807) is 24.9 Å². The van der Waals surface area contributed by atoms with Gasteiger partial charge in [-0.15, -0.1) is 0 Å². The summed E-state index contributed by atoms with van der Waals surface area (Å²) in [6, 6.07) is 4.48. The number of rotatable bonds is 2. The number of nitro benzene ring substituents is 1. The van der Waals surface area contributed by atoms with E-state index >= 15 is 0 Å². The molecule has 2 atom stereocenters. The number of carbonyl (C=O) groups excluding carboxylic acids is 3. The molecule has 9 nitrogen and oxygen atoms in total. The Kier molecular flexibility index (Phi) is 3.42. The van der Waals surface area contributed by atoms with Crippen LogP contribution < -0.4 is 0 Å². The number of benzene rings is 1. The monoisotopic (exact) mass is 358 g/mol. The molecule has 136 valence electrons. The van der Waals surface area contributed by atoms with Gasteiger partial charge in [0.05, 0.1) is 10.8 Å². The minimum atomic E-state index is -1.17. The van der Waals surface area contributed by atoms with Crippen molar-refractivity contribution in [3.05, 3.63) is 39.4 Å². The molecule has 1 aromatic rings. The molecular formula is C17H18N4O5. The quantitative estimate of drug-likeness (QED) is 0.582. The minimum Gasteiger partial charge on any atom is -0.313 e. The van der Waals surface area contributed by atoms with Crippen LogP contribution in [-0.4, -0.2) is 50.7 Å². The van der Waals surface area contributed by atoms with Gasteiger partial charge in [0, 0.05) is 31.1 Å². The Bertz CT molecular complexity index is 869. The van der Waals surface area contributed by atoms with Gasteiger partial charge in [-0.2, -0.15) is 5.01 Å². The fraction of sp³-hybridized carbons (Fsp3) is 0.471. The Morgan fingerprint density at radius 3 is 2.73 bits per heavy atom. The van der Waals surface area contributed by atoms with E-state index in [-0.39, 0.29) is 29.5 Å². The molecule has 3 aliphatic heterocycles. The third-order valence-corrected chi connectivity index (χ3v) is 5.61. The lowest BCUT2D eigenvalue weighted by atomic mass is 9.85. The average Bonchev–Trinajstić information content (AvgIpc) is 3.04. The highest BCUT2D eigenvalue weighted by atomic mass is 16.6. The highest BCUT2D eigenvalue weighted by molar-refractivity contribution is 6.06. The molecule has 26 heavy (non-hydrogen) atoms. The Morgan fingerprint density at radius 1 is 1.35 bits per heavy atom. The molecule has 2 saturated heterocycles. The molecule has 0 bridgehead atoms. The van der Waals surface area contributed by atoms with E-state index in [4.69, 9.17) is 0 Å². The summed E-state index contributed by atoms with van der Waals surface area (Å²) in [5.74, 6) is -1.88. The van der Waals surface area contributed by atoms with Crippen molar-refractivity contribution < 1.29 is 19.3 Å². The van der Waals surface area contributed by atoms with Gasteiger partial charge in [-0.3, -0.25) is 24.5 Å². The molecule has 2 unspecified atom stereocenters. The summed E-state index contributed by atoms with van der Waals surface area (Å²) in [4.78, 5) is 50.8. The first-order chi connectivity index (χ1) is 12.4. The summed E-state index contributed by atoms with van der Waals surface area (Å²) in [7, 11) is 0. The third kappa shape index (κ3) is 1.70. The van der Waals surface area contributed by atoms with Crippen LogP contribution in [0.1, 0.15) is 42.6 Å². The lowest BCUT2D eigenvalue weighted by Crippen LogP contribution is -2.62. The van der Waals surface area contributed by atoms with Crippen molar-refractivity contribution in [2.45, 2.75) is 32.4 Å². The molecule has 2 fully saturated rings. The highest BCUT2D eigenvalue weighted by Gasteiger charge is 2.68. The molecule has 3 amide bonds. The second-order valence-electron chi connectivity index (χ2n) is 6.74. The number of nitrogens with zero attached hydrogens (tertiary/aromatic N) is 4. The van der Waals surface area contributed by atoms with E-state index in [0.717, 1.165) is 5.01 Å². The van der Waals surface area contributed by atoms with Gasteiger partial charge in [0.2, 0.25) is 5.91 Å². The topological polar surface area (TPSA) is 104 Å². The van der Waals surface area contributed by atoms with E-state index in [1.165, 1.54) is 17.0 Å². The molecule has 0 aliphatic carbocycles. The van der Waals surface area contributed by atoms with Gasteiger partial charge in [0.15, 0.2) is 5.66 Å². The fourth-order valence-corrected chi connectivity index (χ4v) is 4.58. The van der Waals surface area contributed by atoms with Crippen molar-refractivity contribution >= 4 is 23.4 Å². The zero-order valence-electron chi connectivity index (χ0n) is 14.5. The van der Waals surface area contributed by atoms with Crippen LogP contribution in [0.4, 0.5) is 5.69 Å². The van der Waals surface area contributed by atoms with Crippen LogP contribution in [0.3, 0.4) is 0 Å². The molecule has 1 aromatic carbocycles. The number of nitro groups is 1. The Hall–Kier alpha value is -2.81. The number of carbonyl (C=O) groups is 3. The summed E-state index contributed by atoms with van der Waals surface area (Å²) in [5.41, 5.74) is -0.979. The maximum atomic E-state index is 13.1. The third-order valence-electron chi connectivity index (χ3n) is 5.61. The largest absolute Gasteiger partial charge is 0.313 e. The number of hydrogen-bond donors (Lipinski definition) is 0. The molecule has 9 heteroatoms. The van der Waals surface area contributed by atoms with Crippen LogP contribution in [0.2, 0.25) is 0 Å². The zero-order valence-corrected chi connectivity index (χ0v) is 14.5. The van der Waals surface area contributed by atoms with Gasteiger partial charge in [-0.1, -0.05) is 19.1 Å². The van der Waals surface area contributed by atoms with E-state index in [2.05, 4.69) is 0 Å². The van der Waals surface area contributed by atoms with Gasteiger partial charge in [0.1, 0.15) is 5.56 Å². The maximum absolute atomic E-state index is 13.1. The standard InChI is InChI=1S/C17H18N4O5/c1-3-13(22)20-15(23)10(2)17-11-6-4-7-12(21(25)26)14(11)16(24)18(17)8-5-9-19(17)20/h4,6-7,10H,3,5,8-9H2,1-2H3. The van der Waals surface area contributed by atoms with E-state index < -0.39 is 22.4 Å². The summed E-state index contributed by atoms with van der Waals surface area (Å²) in [5, 5.41) is 14.2. The number of hydrazine groups is 1. The SMILES string of the molecule is CCC(=O)N1C(=O)C(C)C23c4cccc([N+](=O)[O-])c4C(=O)N2CCCN13. The number of amides is 3. The normalized spacial score (nSPS) is 27.4. The molecule has 4 rings (SSSR count). The van der Waals surface area contributed by atoms with E-state index in [9.17, 15) is 24.5 Å². The molecule has 0 N–H and O–H groups in total. The second kappa shape index (κ2) is 5.34. The van der Waals surface area contributed by atoms with Crippen LogP contribution in [0.5, 0.6) is 0 Å². The summed E-state index contributed by atoms with van der Waals surface area (Å²) < 4.78 is 0. The van der Waals surface area contributed by atoms with Crippen LogP contribution in [0, 0.1) is 16.0 Å². The fourth-order valence-electron chi connectivity index (χ4n) is 4.58. The van der Waals surface area contributed by atoms with E-state index in [0.29, 0.717) is 25.1 Å².